The Morgan fingerprint density at radius 3 is 2.53 bits per heavy atom. The highest BCUT2D eigenvalue weighted by Gasteiger charge is 2.19. The van der Waals surface area contributed by atoms with E-state index in [0.717, 1.165) is 40.8 Å². The van der Waals surface area contributed by atoms with Gasteiger partial charge in [0.15, 0.2) is 0 Å². The lowest BCUT2D eigenvalue weighted by molar-refractivity contribution is 0.203. The van der Waals surface area contributed by atoms with Gasteiger partial charge >= 0.3 is 0 Å². The molecule has 0 saturated heterocycles. The Morgan fingerprint density at radius 2 is 1.70 bits per heavy atom. The van der Waals surface area contributed by atoms with Crippen LogP contribution in [0.3, 0.4) is 0 Å². The third-order valence-corrected chi connectivity index (χ3v) is 5.16. The van der Waals surface area contributed by atoms with Crippen LogP contribution in [0.25, 0.3) is 11.0 Å². The van der Waals surface area contributed by atoms with E-state index in [1.54, 1.807) is 0 Å². The van der Waals surface area contributed by atoms with E-state index in [0.29, 0.717) is 19.0 Å². The number of nitrogens with zero attached hydrogens (tertiary/aromatic N) is 2. The van der Waals surface area contributed by atoms with Crippen molar-refractivity contribution >= 4 is 11.0 Å². The van der Waals surface area contributed by atoms with Crippen molar-refractivity contribution in [2.45, 2.75) is 25.5 Å². The molecule has 1 atom stereocenters. The van der Waals surface area contributed by atoms with E-state index in [4.69, 9.17) is 9.72 Å². The first-order chi connectivity index (χ1) is 14.8. The minimum atomic E-state index is -0.771. The first-order valence-electron chi connectivity index (χ1n) is 10.3. The normalized spacial score (nSPS) is 12.0. The third-order valence-electron chi connectivity index (χ3n) is 5.16. The minimum Gasteiger partial charge on any atom is -0.493 e. The van der Waals surface area contributed by atoms with Crippen LogP contribution in [0.15, 0.2) is 91.5 Å². The summed E-state index contributed by atoms with van der Waals surface area (Å²) in [5.41, 5.74) is 3.89. The maximum atomic E-state index is 11.0. The summed E-state index contributed by atoms with van der Waals surface area (Å²) < 4.78 is 8.14. The van der Waals surface area contributed by atoms with Gasteiger partial charge in [-0.3, -0.25) is 0 Å². The summed E-state index contributed by atoms with van der Waals surface area (Å²) in [6, 6.07) is 25.7. The molecule has 0 saturated carbocycles. The van der Waals surface area contributed by atoms with Crippen LogP contribution in [0.5, 0.6) is 5.75 Å². The first kappa shape index (κ1) is 19.9. The Labute approximate surface area is 177 Å². The van der Waals surface area contributed by atoms with E-state index in [1.165, 1.54) is 0 Å². The van der Waals surface area contributed by atoms with Crippen molar-refractivity contribution in [2.75, 3.05) is 6.61 Å². The van der Waals surface area contributed by atoms with Crippen LogP contribution >= 0.6 is 0 Å². The second-order valence-electron chi connectivity index (χ2n) is 7.23. The number of imidazole rings is 1. The molecule has 0 bridgehead atoms. The number of rotatable bonds is 9. The van der Waals surface area contributed by atoms with Crippen molar-refractivity contribution < 1.29 is 9.84 Å². The molecule has 4 heteroatoms. The van der Waals surface area contributed by atoms with Gasteiger partial charge in [-0.05, 0) is 42.2 Å². The number of benzene rings is 3. The molecule has 0 radical (unpaired) electrons. The smallest absolute Gasteiger partial charge is 0.143 e. The lowest BCUT2D eigenvalue weighted by Gasteiger charge is -2.15. The lowest BCUT2D eigenvalue weighted by Crippen LogP contribution is -2.12. The second kappa shape index (κ2) is 9.42. The average molecular weight is 399 g/mol. The molecule has 3 aromatic carbocycles. The Morgan fingerprint density at radius 1 is 0.967 bits per heavy atom. The molecule has 0 aliphatic rings. The molecule has 30 heavy (non-hydrogen) atoms. The number of allylic oxidation sites excluding steroid dienone is 1. The maximum Gasteiger partial charge on any atom is 0.143 e. The molecule has 0 spiro atoms. The fourth-order valence-corrected chi connectivity index (χ4v) is 3.70. The standard InChI is InChI=1S/C26H26N2O2/c1-2-11-20-12-6-9-17-24(20)30-19-10-18-28-23-16-8-7-15-22(23)27-26(28)25(29)21-13-4-3-5-14-21/h2-9,12-17,25,29H,1,10-11,18-19H2. The van der Waals surface area contributed by atoms with Crippen molar-refractivity contribution in [1.29, 1.82) is 0 Å². The van der Waals surface area contributed by atoms with Crippen molar-refractivity contribution in [2.24, 2.45) is 0 Å². The molecule has 4 rings (SSSR count). The Hall–Kier alpha value is -3.37. The van der Waals surface area contributed by atoms with Crippen LogP contribution in [0.4, 0.5) is 0 Å². The van der Waals surface area contributed by atoms with Crippen LogP contribution in [0, 0.1) is 0 Å². The number of aliphatic hydroxyl groups is 1. The van der Waals surface area contributed by atoms with Crippen LogP contribution in [-0.4, -0.2) is 21.3 Å². The number of aryl methyl sites for hydroxylation is 1. The summed E-state index contributed by atoms with van der Waals surface area (Å²) in [5, 5.41) is 11.0. The van der Waals surface area contributed by atoms with E-state index in [1.807, 2.05) is 78.9 Å². The summed E-state index contributed by atoms with van der Waals surface area (Å²) in [6.07, 6.45) is 2.71. The molecule has 0 amide bonds. The fourth-order valence-electron chi connectivity index (χ4n) is 3.70. The fraction of sp³-hybridized carbons (Fsp3) is 0.192. The molecule has 0 aliphatic carbocycles. The van der Waals surface area contributed by atoms with Gasteiger partial charge in [-0.15, -0.1) is 6.58 Å². The number of para-hydroxylation sites is 3. The summed E-state index contributed by atoms with van der Waals surface area (Å²) in [7, 11) is 0. The van der Waals surface area contributed by atoms with Gasteiger partial charge in [0.25, 0.3) is 0 Å². The first-order valence-corrected chi connectivity index (χ1v) is 10.3. The van der Waals surface area contributed by atoms with Crippen molar-refractivity contribution in [1.82, 2.24) is 9.55 Å². The largest absolute Gasteiger partial charge is 0.493 e. The SMILES string of the molecule is C=CCc1ccccc1OCCCn1c(C(O)c2ccccc2)nc2ccccc21. The average Bonchev–Trinajstić information content (AvgIpc) is 3.16. The summed E-state index contributed by atoms with van der Waals surface area (Å²) in [6.45, 7) is 5.11. The van der Waals surface area contributed by atoms with Crippen LogP contribution < -0.4 is 4.74 Å². The Balaban J connectivity index is 1.52. The van der Waals surface area contributed by atoms with Crippen molar-refractivity contribution in [3.8, 4) is 5.75 Å². The molecule has 4 nitrogen and oxygen atoms in total. The van der Waals surface area contributed by atoms with E-state index >= 15 is 0 Å². The molecular formula is C26H26N2O2. The molecule has 152 valence electrons. The number of aromatic nitrogens is 2. The zero-order valence-corrected chi connectivity index (χ0v) is 16.9. The van der Waals surface area contributed by atoms with E-state index in [-0.39, 0.29) is 0 Å². The summed E-state index contributed by atoms with van der Waals surface area (Å²) in [5.74, 6) is 1.56. The van der Waals surface area contributed by atoms with Crippen LogP contribution in [0.1, 0.15) is 29.5 Å². The molecule has 0 fully saturated rings. The van der Waals surface area contributed by atoms with E-state index in [9.17, 15) is 5.11 Å². The van der Waals surface area contributed by atoms with Crippen LogP contribution in [-0.2, 0) is 13.0 Å². The molecule has 1 unspecified atom stereocenters. The van der Waals surface area contributed by atoms with Crippen molar-refractivity contribution in [3.63, 3.8) is 0 Å². The minimum absolute atomic E-state index is 0.585. The molecular weight excluding hydrogens is 372 g/mol. The molecule has 1 N–H and O–H groups in total. The van der Waals surface area contributed by atoms with Gasteiger partial charge in [0, 0.05) is 6.54 Å². The predicted molar refractivity (Wildman–Crippen MR) is 121 cm³/mol. The number of hydrogen-bond acceptors (Lipinski definition) is 3. The van der Waals surface area contributed by atoms with Gasteiger partial charge in [0.2, 0.25) is 0 Å². The molecule has 0 aliphatic heterocycles. The Kier molecular flexibility index (Phi) is 6.26. The number of fused-ring (bicyclic) bond motifs is 1. The molecule has 1 aromatic heterocycles. The van der Waals surface area contributed by atoms with E-state index < -0.39 is 6.10 Å². The lowest BCUT2D eigenvalue weighted by atomic mass is 10.1. The van der Waals surface area contributed by atoms with Gasteiger partial charge in [-0.1, -0.05) is 66.7 Å². The van der Waals surface area contributed by atoms with Gasteiger partial charge in [0.05, 0.1) is 17.6 Å². The van der Waals surface area contributed by atoms with E-state index in [2.05, 4.69) is 17.2 Å². The summed E-state index contributed by atoms with van der Waals surface area (Å²) >= 11 is 0. The van der Waals surface area contributed by atoms with Crippen LogP contribution in [0.2, 0.25) is 0 Å². The topological polar surface area (TPSA) is 47.3 Å². The highest BCUT2D eigenvalue weighted by atomic mass is 16.5. The third kappa shape index (κ3) is 4.29. The number of aliphatic hydroxyl groups excluding tert-OH is 1. The zero-order chi connectivity index (χ0) is 20.8. The number of ether oxygens (including phenoxy) is 1. The second-order valence-corrected chi connectivity index (χ2v) is 7.23. The monoisotopic (exact) mass is 398 g/mol. The molecule has 1 heterocycles. The highest BCUT2D eigenvalue weighted by Crippen LogP contribution is 2.26. The van der Waals surface area contributed by atoms with Gasteiger partial charge in [-0.2, -0.15) is 0 Å². The predicted octanol–water partition coefficient (Wildman–Crippen LogP) is 5.32. The van der Waals surface area contributed by atoms with Crippen molar-refractivity contribution in [3.05, 3.63) is 108 Å². The van der Waals surface area contributed by atoms with Gasteiger partial charge in [0.1, 0.15) is 17.7 Å². The maximum absolute atomic E-state index is 11.0. The quantitative estimate of drug-likeness (QED) is 0.307. The van der Waals surface area contributed by atoms with Gasteiger partial charge in [-0.25, -0.2) is 4.98 Å². The number of hydrogen-bond donors (Lipinski definition) is 1. The zero-order valence-electron chi connectivity index (χ0n) is 16.9. The van der Waals surface area contributed by atoms with Gasteiger partial charge < -0.3 is 14.4 Å². The Bertz CT molecular complexity index is 1120. The summed E-state index contributed by atoms with van der Waals surface area (Å²) in [4.78, 5) is 4.73. The molecule has 4 aromatic rings. The highest BCUT2D eigenvalue weighted by molar-refractivity contribution is 5.76.